The van der Waals surface area contributed by atoms with Crippen LogP contribution in [0.5, 0.6) is 0 Å². The Labute approximate surface area is 123 Å². The average Bonchev–Trinajstić information content (AvgIpc) is 2.05. The van der Waals surface area contributed by atoms with Crippen LogP contribution in [-0.4, -0.2) is 65.1 Å². The summed E-state index contributed by atoms with van der Waals surface area (Å²) in [6.45, 7) is 1.94. The zero-order valence-electron chi connectivity index (χ0n) is 9.04. The Hall–Kier alpha value is -0.760. The van der Waals surface area contributed by atoms with E-state index in [1.165, 1.54) is 0 Å². The van der Waals surface area contributed by atoms with Gasteiger partial charge in [0.25, 0.3) is 0 Å². The predicted molar refractivity (Wildman–Crippen MR) is 52.8 cm³/mol. The molecule has 0 aliphatic rings. The fraction of sp³-hybridized carbons (Fsp3) is 0.250. The first-order valence-corrected chi connectivity index (χ1v) is 3.52. The van der Waals surface area contributed by atoms with Gasteiger partial charge in [0.1, 0.15) is 0 Å². The van der Waals surface area contributed by atoms with E-state index in [0.29, 0.717) is 0 Å². The maximum absolute atomic E-state index is 8.89. The van der Waals surface area contributed by atoms with Crippen molar-refractivity contribution in [2.24, 2.45) is 0 Å². The molecule has 8 heteroatoms. The average molecular weight is 256 g/mol. The number of aliphatic carboxylic acids is 2. The second-order valence-electron chi connectivity index (χ2n) is 1.88. The molecule has 1 aromatic rings. The number of nitrogens with zero attached hydrogens (tertiary/aromatic N) is 2. The number of carboxylic acid groups (broad SMARTS) is 2. The topological polar surface area (TPSA) is 138 Å². The van der Waals surface area contributed by atoms with Crippen LogP contribution in [0.1, 0.15) is 13.8 Å². The Morgan fingerprint density at radius 2 is 1.00 bits per heavy atom. The van der Waals surface area contributed by atoms with Crippen LogP contribution in [0, 0.1) is 0 Å². The zero-order chi connectivity index (χ0) is 11.4. The molecule has 1 heterocycles. The summed E-state index contributed by atoms with van der Waals surface area (Å²) in [5.74, 6) is -2.17. The van der Waals surface area contributed by atoms with Crippen LogP contribution in [0.15, 0.2) is 24.8 Å². The van der Waals surface area contributed by atoms with Gasteiger partial charge in [-0.25, -0.2) is 0 Å². The van der Waals surface area contributed by atoms with Crippen molar-refractivity contribution in [2.75, 3.05) is 0 Å². The molecule has 86 valence electrons. The first-order chi connectivity index (χ1) is 6.46. The number of aromatic nitrogens is 2. The summed E-state index contributed by atoms with van der Waals surface area (Å²) >= 11 is 0. The van der Waals surface area contributed by atoms with Gasteiger partial charge in [0.2, 0.25) is 0 Å². The molecule has 2 N–H and O–H groups in total. The third-order valence-corrected chi connectivity index (χ3v) is 0.478. The molecule has 1 rings (SSSR count). The number of hydrogen-bond acceptors (Lipinski definition) is 6. The largest absolute Gasteiger partial charge is 2.00 e. The van der Waals surface area contributed by atoms with Crippen LogP contribution in [0.25, 0.3) is 0 Å². The van der Waals surface area contributed by atoms with Crippen molar-refractivity contribution in [3.8, 4) is 0 Å². The van der Waals surface area contributed by atoms with E-state index in [0.717, 1.165) is 13.8 Å². The van der Waals surface area contributed by atoms with E-state index in [9.17, 15) is 0 Å². The Balaban J connectivity index is -0.0000000660. The van der Waals surface area contributed by atoms with E-state index in [1.807, 2.05) is 0 Å². The van der Waals surface area contributed by atoms with E-state index >= 15 is 0 Å². The molecule has 0 fully saturated rings. The number of carboxylic acids is 2. The first kappa shape index (κ1) is 24.5. The van der Waals surface area contributed by atoms with Gasteiger partial charge in [-0.15, -0.1) is 0 Å². The van der Waals surface area contributed by atoms with E-state index in [4.69, 9.17) is 19.8 Å². The minimum absolute atomic E-state index is 0. The molecule has 0 spiro atoms. The van der Waals surface area contributed by atoms with Crippen LogP contribution in [-0.2, 0) is 9.59 Å². The molecule has 0 radical (unpaired) electrons. The zero-order valence-corrected chi connectivity index (χ0v) is 11.3. The molecule has 0 unspecified atom stereocenters. The predicted octanol–water partition coefficient (Wildman–Crippen LogP) is -3.22. The molecule has 0 atom stereocenters. The molecule has 7 nitrogen and oxygen atoms in total. The fourth-order valence-corrected chi connectivity index (χ4v) is 0.253. The molecular formula is C8H12CaN2O5. The normalized spacial score (nSPS) is 6.12. The summed E-state index contributed by atoms with van der Waals surface area (Å²) in [6.07, 6.45) is 6.56. The Morgan fingerprint density at radius 3 is 1.06 bits per heavy atom. The summed E-state index contributed by atoms with van der Waals surface area (Å²) in [5, 5.41) is 17.8. The molecule has 0 saturated carbocycles. The summed E-state index contributed by atoms with van der Waals surface area (Å²) in [7, 11) is 0. The third-order valence-electron chi connectivity index (χ3n) is 0.478. The van der Waals surface area contributed by atoms with Gasteiger partial charge in [-0.1, -0.05) is 0 Å². The molecule has 16 heavy (non-hydrogen) atoms. The molecule has 0 aliphatic heterocycles. The minimum atomic E-state index is -1.08. The van der Waals surface area contributed by atoms with Crippen molar-refractivity contribution in [1.82, 2.24) is 9.97 Å². The standard InChI is InChI=1S/C4H4N2.2C2H4O2.Ca.H2O/c1-2-6-4-3-5-1;2*1-2(3)4;;/h1-4H;2*1H3,(H,3,4);;1H2/q;;;+2;/p-2. The van der Waals surface area contributed by atoms with Gasteiger partial charge in [0.15, 0.2) is 0 Å². The molecule has 0 aromatic carbocycles. The van der Waals surface area contributed by atoms with Gasteiger partial charge < -0.3 is 25.3 Å². The van der Waals surface area contributed by atoms with Gasteiger partial charge in [-0.3, -0.25) is 9.97 Å². The maximum atomic E-state index is 8.89. The summed E-state index contributed by atoms with van der Waals surface area (Å²) in [5.41, 5.74) is 0. The summed E-state index contributed by atoms with van der Waals surface area (Å²) < 4.78 is 0. The van der Waals surface area contributed by atoms with Crippen molar-refractivity contribution >= 4 is 49.7 Å². The number of carbonyl (C=O) groups excluding carboxylic acids is 2. The Kier molecular flexibility index (Phi) is 30.2. The van der Waals surface area contributed by atoms with E-state index < -0.39 is 11.9 Å². The molecule has 0 aliphatic carbocycles. The summed E-state index contributed by atoms with van der Waals surface area (Å²) in [6, 6.07) is 0. The quantitative estimate of drug-likeness (QED) is 0.448. The van der Waals surface area contributed by atoms with Crippen molar-refractivity contribution in [3.05, 3.63) is 24.8 Å². The molecule has 1 aromatic heterocycles. The smallest absolute Gasteiger partial charge is 0.550 e. The third kappa shape index (κ3) is 72.2. The van der Waals surface area contributed by atoms with Gasteiger partial charge in [0, 0.05) is 36.7 Å². The van der Waals surface area contributed by atoms with Crippen LogP contribution < -0.4 is 10.2 Å². The monoisotopic (exact) mass is 256 g/mol. The Bertz CT molecular complexity index is 211. The molecule has 0 amide bonds. The number of rotatable bonds is 0. The van der Waals surface area contributed by atoms with Crippen LogP contribution >= 0.6 is 0 Å². The van der Waals surface area contributed by atoms with E-state index in [-0.39, 0.29) is 43.2 Å². The van der Waals surface area contributed by atoms with Crippen LogP contribution in [0.2, 0.25) is 0 Å². The first-order valence-electron chi connectivity index (χ1n) is 3.52. The second-order valence-corrected chi connectivity index (χ2v) is 1.88. The summed E-state index contributed by atoms with van der Waals surface area (Å²) in [4.78, 5) is 25.2. The maximum Gasteiger partial charge on any atom is 2.00 e. The van der Waals surface area contributed by atoms with Crippen molar-refractivity contribution < 1.29 is 25.3 Å². The number of carbonyl (C=O) groups is 2. The molecule has 0 bridgehead atoms. The van der Waals surface area contributed by atoms with Crippen molar-refractivity contribution in [3.63, 3.8) is 0 Å². The van der Waals surface area contributed by atoms with Crippen LogP contribution in [0.4, 0.5) is 0 Å². The van der Waals surface area contributed by atoms with Gasteiger partial charge in [-0.2, -0.15) is 0 Å². The van der Waals surface area contributed by atoms with Crippen molar-refractivity contribution in [1.29, 1.82) is 0 Å². The van der Waals surface area contributed by atoms with Crippen LogP contribution in [0.3, 0.4) is 0 Å². The van der Waals surface area contributed by atoms with E-state index in [1.54, 1.807) is 24.8 Å². The second kappa shape index (κ2) is 19.8. The van der Waals surface area contributed by atoms with E-state index in [2.05, 4.69) is 9.97 Å². The van der Waals surface area contributed by atoms with Gasteiger partial charge in [0.05, 0.1) is 0 Å². The number of hydrogen-bond donors (Lipinski definition) is 0. The fourth-order valence-electron chi connectivity index (χ4n) is 0.253. The molecular weight excluding hydrogens is 244 g/mol. The SMILES string of the molecule is CC(=O)[O-].CC(=O)[O-].O.[Ca+2].c1cnccn1. The Morgan fingerprint density at radius 1 is 0.875 bits per heavy atom. The van der Waals surface area contributed by atoms with Gasteiger partial charge in [-0.05, 0) is 13.8 Å². The molecule has 0 saturated heterocycles. The van der Waals surface area contributed by atoms with Crippen molar-refractivity contribution in [2.45, 2.75) is 13.8 Å². The van der Waals surface area contributed by atoms with Gasteiger partial charge >= 0.3 is 37.7 Å². The minimum Gasteiger partial charge on any atom is -0.550 e.